The molecule has 2 atom stereocenters. The molecule has 0 aliphatic heterocycles. The van der Waals surface area contributed by atoms with Crippen molar-refractivity contribution in [3.63, 3.8) is 0 Å². The van der Waals surface area contributed by atoms with Crippen molar-refractivity contribution < 1.29 is 52.7 Å². The molecule has 0 amide bonds. The summed E-state index contributed by atoms with van der Waals surface area (Å²) in [4.78, 5) is 0. The fraction of sp³-hybridized carbons (Fsp3) is 0.538. The summed E-state index contributed by atoms with van der Waals surface area (Å²) in [6, 6.07) is 3.12. The van der Waals surface area contributed by atoms with Gasteiger partial charge in [-0.15, -0.1) is 0 Å². The highest BCUT2D eigenvalue weighted by Crippen LogP contribution is 2.54. The molecule has 1 aromatic rings. The van der Waals surface area contributed by atoms with Gasteiger partial charge in [0, 0.05) is 0 Å². The van der Waals surface area contributed by atoms with Gasteiger partial charge >= 0.3 is 12.4 Å². The molecule has 0 radical (unpaired) electrons. The quantitative estimate of drug-likeness (QED) is 0.553. The Morgan fingerprint density at radius 2 is 0.880 bits per heavy atom. The Morgan fingerprint density at radius 3 is 1.16 bits per heavy atom. The van der Waals surface area contributed by atoms with Gasteiger partial charge in [0.15, 0.2) is 0 Å². The van der Waals surface area contributed by atoms with Crippen LogP contribution in [0.4, 0.5) is 52.7 Å². The predicted molar refractivity (Wildman–Crippen MR) is 61.0 cm³/mol. The van der Waals surface area contributed by atoms with Gasteiger partial charge in [-0.3, -0.25) is 0 Å². The summed E-state index contributed by atoms with van der Waals surface area (Å²) < 4.78 is 155. The van der Waals surface area contributed by atoms with E-state index in [2.05, 4.69) is 0 Å². The zero-order valence-corrected chi connectivity index (χ0v) is 11.7. The minimum absolute atomic E-state index is 0.318. The van der Waals surface area contributed by atoms with Crippen LogP contribution in [0.3, 0.4) is 0 Å². The molecule has 144 valence electrons. The van der Waals surface area contributed by atoms with Crippen LogP contribution in [0.2, 0.25) is 0 Å². The van der Waals surface area contributed by atoms with E-state index in [9.17, 15) is 52.7 Å². The molecule has 0 bridgehead atoms. The van der Waals surface area contributed by atoms with Gasteiger partial charge in [-0.1, -0.05) is 30.3 Å². The summed E-state index contributed by atoms with van der Waals surface area (Å²) in [6.07, 6.45) is -23.2. The largest absolute Gasteiger partial charge is 0.425 e. The monoisotopic (exact) mass is 392 g/mol. The van der Waals surface area contributed by atoms with E-state index in [-0.39, 0.29) is 0 Å². The summed E-state index contributed by atoms with van der Waals surface area (Å²) in [7, 11) is 0. The van der Waals surface area contributed by atoms with Crippen molar-refractivity contribution in [3.8, 4) is 0 Å². The Bertz CT molecular complexity index is 527. The van der Waals surface area contributed by atoms with Crippen LogP contribution in [0.5, 0.6) is 0 Å². The lowest BCUT2D eigenvalue weighted by Gasteiger charge is -2.37. The van der Waals surface area contributed by atoms with Gasteiger partial charge < -0.3 is 0 Å². The minimum Gasteiger partial charge on any atom is -0.231 e. The van der Waals surface area contributed by atoms with E-state index < -0.39 is 48.0 Å². The topological polar surface area (TPSA) is 0 Å². The second kappa shape index (κ2) is 6.60. The first kappa shape index (κ1) is 21.4. The van der Waals surface area contributed by atoms with Gasteiger partial charge in [0.25, 0.3) is 24.2 Å². The molecule has 0 aliphatic rings. The number of hydrogen-bond donors (Lipinski definition) is 0. The molecule has 0 aromatic heterocycles. The highest BCUT2D eigenvalue weighted by atomic mass is 19.4. The van der Waals surface area contributed by atoms with Crippen LogP contribution < -0.4 is 0 Å². The van der Waals surface area contributed by atoms with Crippen molar-refractivity contribution in [2.75, 3.05) is 0 Å². The molecule has 0 saturated heterocycles. The fourth-order valence-electron chi connectivity index (χ4n) is 2.08. The SMILES string of the molecule is FC(C(F)(F)F)C(F)(F)C(c1ccccc1)C(F)(F)C(F)C(F)(F)F. The predicted octanol–water partition coefficient (Wildman–Crippen LogP) is 5.84. The van der Waals surface area contributed by atoms with Crippen LogP contribution in [0.25, 0.3) is 0 Å². The molecule has 0 saturated carbocycles. The molecule has 1 aromatic carbocycles. The molecule has 0 nitrogen and oxygen atoms in total. The van der Waals surface area contributed by atoms with Crippen molar-refractivity contribution in [2.24, 2.45) is 0 Å². The number of hydrogen-bond acceptors (Lipinski definition) is 0. The molecule has 2 unspecified atom stereocenters. The van der Waals surface area contributed by atoms with E-state index in [1.807, 2.05) is 0 Å². The minimum atomic E-state index is -6.36. The van der Waals surface area contributed by atoms with E-state index in [1.165, 1.54) is 0 Å². The van der Waals surface area contributed by atoms with Gasteiger partial charge in [-0.05, 0) is 5.56 Å². The van der Waals surface area contributed by atoms with E-state index in [4.69, 9.17) is 0 Å². The van der Waals surface area contributed by atoms with Crippen LogP contribution >= 0.6 is 0 Å². The lowest BCUT2D eigenvalue weighted by Crippen LogP contribution is -2.56. The number of alkyl halides is 12. The maximum absolute atomic E-state index is 13.8. The Morgan fingerprint density at radius 1 is 0.560 bits per heavy atom. The third-order valence-corrected chi connectivity index (χ3v) is 3.15. The maximum Gasteiger partial charge on any atom is 0.425 e. The first-order valence-corrected chi connectivity index (χ1v) is 6.26. The van der Waals surface area contributed by atoms with Crippen LogP contribution in [0, 0.1) is 0 Å². The lowest BCUT2D eigenvalue weighted by molar-refractivity contribution is -0.295. The average Bonchev–Trinajstić information content (AvgIpc) is 2.44. The van der Waals surface area contributed by atoms with E-state index in [0.29, 0.717) is 12.1 Å². The Labute approximate surface area is 132 Å². The van der Waals surface area contributed by atoms with Crippen molar-refractivity contribution in [1.29, 1.82) is 0 Å². The molecule has 0 fully saturated rings. The van der Waals surface area contributed by atoms with Gasteiger partial charge in [-0.25, -0.2) is 26.3 Å². The molecule has 12 heteroatoms. The molecule has 1 rings (SSSR count). The summed E-state index contributed by atoms with van der Waals surface area (Å²) in [6.45, 7) is 0. The standard InChI is InChI=1S/C13H8F12/c14-8(12(20,21)22)10(16,17)7(6-4-2-1-3-5-6)11(18,19)9(15)13(23,24)25/h1-5,7-9H. The molecule has 25 heavy (non-hydrogen) atoms. The van der Waals surface area contributed by atoms with E-state index >= 15 is 0 Å². The Balaban J connectivity index is 3.56. The third kappa shape index (κ3) is 4.32. The first-order valence-electron chi connectivity index (χ1n) is 6.26. The highest BCUT2D eigenvalue weighted by Gasteiger charge is 2.72. The van der Waals surface area contributed by atoms with Crippen LogP contribution in [0.1, 0.15) is 11.5 Å². The molecular formula is C13H8F12. The zero-order valence-electron chi connectivity index (χ0n) is 11.7. The van der Waals surface area contributed by atoms with Gasteiger partial charge in [0.1, 0.15) is 5.92 Å². The summed E-state index contributed by atoms with van der Waals surface area (Å²) >= 11 is 0. The number of rotatable bonds is 5. The van der Waals surface area contributed by atoms with Crippen molar-refractivity contribution in [1.82, 2.24) is 0 Å². The smallest absolute Gasteiger partial charge is 0.231 e. The van der Waals surface area contributed by atoms with Crippen LogP contribution in [-0.2, 0) is 0 Å². The van der Waals surface area contributed by atoms with Crippen molar-refractivity contribution in [2.45, 2.75) is 42.5 Å². The fourth-order valence-corrected chi connectivity index (χ4v) is 2.08. The number of benzene rings is 1. The summed E-state index contributed by atoms with van der Waals surface area (Å²) in [5, 5.41) is 0. The summed E-state index contributed by atoms with van der Waals surface area (Å²) in [5.41, 5.74) is -1.49. The van der Waals surface area contributed by atoms with E-state index in [0.717, 1.165) is 18.2 Å². The second-order valence-electron chi connectivity index (χ2n) is 5.00. The van der Waals surface area contributed by atoms with Gasteiger partial charge in [0.2, 0.25) is 0 Å². The zero-order chi connectivity index (χ0) is 19.8. The normalized spacial score (nSPS) is 17.9. The molecule has 0 spiro atoms. The second-order valence-corrected chi connectivity index (χ2v) is 5.00. The van der Waals surface area contributed by atoms with Crippen LogP contribution in [-0.4, -0.2) is 36.5 Å². The molecule has 0 aliphatic carbocycles. The van der Waals surface area contributed by atoms with Gasteiger partial charge in [-0.2, -0.15) is 26.3 Å². The maximum atomic E-state index is 13.8. The first-order chi connectivity index (χ1) is 11.0. The number of halogens is 12. The Hall–Kier alpha value is -1.62. The lowest BCUT2D eigenvalue weighted by atomic mass is 9.82. The molecule has 0 heterocycles. The van der Waals surface area contributed by atoms with Crippen LogP contribution in [0.15, 0.2) is 30.3 Å². The van der Waals surface area contributed by atoms with Crippen molar-refractivity contribution >= 4 is 0 Å². The highest BCUT2D eigenvalue weighted by molar-refractivity contribution is 5.27. The molecular weight excluding hydrogens is 384 g/mol. The van der Waals surface area contributed by atoms with Crippen molar-refractivity contribution in [3.05, 3.63) is 35.9 Å². The molecule has 0 N–H and O–H groups in total. The van der Waals surface area contributed by atoms with Gasteiger partial charge in [0.05, 0.1) is 0 Å². The Kier molecular flexibility index (Phi) is 5.65. The van der Waals surface area contributed by atoms with E-state index in [1.54, 1.807) is 0 Å². The average molecular weight is 392 g/mol. The summed E-state index contributed by atoms with van der Waals surface area (Å²) in [5.74, 6) is -16.5. The third-order valence-electron chi connectivity index (χ3n) is 3.15.